The molecule has 0 spiro atoms. The molecule has 2 fully saturated rings. The van der Waals surface area contributed by atoms with E-state index in [2.05, 4.69) is 11.8 Å². The third-order valence-corrected chi connectivity index (χ3v) is 4.41. The van der Waals surface area contributed by atoms with Crippen molar-refractivity contribution < 1.29 is 9.84 Å². The van der Waals surface area contributed by atoms with E-state index in [1.54, 1.807) is 0 Å². The second-order valence-electron chi connectivity index (χ2n) is 5.35. The summed E-state index contributed by atoms with van der Waals surface area (Å²) in [5, 5.41) is 9.98. The number of nitrogens with two attached hydrogens (primary N) is 1. The van der Waals surface area contributed by atoms with Crippen molar-refractivity contribution in [1.29, 1.82) is 0 Å². The fourth-order valence-electron chi connectivity index (χ4n) is 3.46. The van der Waals surface area contributed by atoms with Crippen LogP contribution < -0.4 is 5.73 Å². The molecule has 0 aromatic carbocycles. The first-order valence-electron chi connectivity index (χ1n) is 6.99. The number of nitrogens with zero attached hydrogens (tertiary/aromatic N) is 1. The van der Waals surface area contributed by atoms with E-state index in [4.69, 9.17) is 10.5 Å². The Bertz CT molecular complexity index is 237. The Labute approximate surface area is 104 Å². The molecule has 1 aliphatic heterocycles. The van der Waals surface area contributed by atoms with E-state index < -0.39 is 0 Å². The standard InChI is InChI=1S/C13H26N2O2/c1-2-15(12-8-17-9-13(12)16)11-6-4-3-5-10(11)7-14/h10-13,16H,2-9,14H2,1H3. The Morgan fingerprint density at radius 3 is 2.59 bits per heavy atom. The molecule has 1 heterocycles. The van der Waals surface area contributed by atoms with Crippen molar-refractivity contribution in [3.8, 4) is 0 Å². The SMILES string of the molecule is CCN(C1COCC1O)C1CCCCC1CN. The zero-order chi connectivity index (χ0) is 12.3. The van der Waals surface area contributed by atoms with Crippen LogP contribution in [0.25, 0.3) is 0 Å². The molecule has 4 atom stereocenters. The lowest BCUT2D eigenvalue weighted by Crippen LogP contribution is -2.53. The third kappa shape index (κ3) is 2.81. The van der Waals surface area contributed by atoms with Gasteiger partial charge in [-0.15, -0.1) is 0 Å². The van der Waals surface area contributed by atoms with Gasteiger partial charge in [0.05, 0.1) is 25.4 Å². The largest absolute Gasteiger partial charge is 0.389 e. The van der Waals surface area contributed by atoms with Crippen LogP contribution in [0.5, 0.6) is 0 Å². The zero-order valence-electron chi connectivity index (χ0n) is 10.8. The van der Waals surface area contributed by atoms with Crippen LogP contribution in [-0.4, -0.2) is 54.5 Å². The molecule has 3 N–H and O–H groups in total. The number of hydrogen-bond donors (Lipinski definition) is 2. The van der Waals surface area contributed by atoms with Crippen LogP contribution in [-0.2, 0) is 4.74 Å². The average molecular weight is 242 g/mol. The summed E-state index contributed by atoms with van der Waals surface area (Å²) in [6.45, 7) is 5.08. The minimum absolute atomic E-state index is 0.178. The van der Waals surface area contributed by atoms with Crippen LogP contribution in [0.1, 0.15) is 32.6 Å². The van der Waals surface area contributed by atoms with Crippen LogP contribution in [0.3, 0.4) is 0 Å². The molecule has 4 nitrogen and oxygen atoms in total. The fraction of sp³-hybridized carbons (Fsp3) is 1.00. The van der Waals surface area contributed by atoms with Gasteiger partial charge in [-0.1, -0.05) is 19.8 Å². The average Bonchev–Trinajstić information content (AvgIpc) is 2.78. The highest BCUT2D eigenvalue weighted by Gasteiger charge is 2.38. The summed E-state index contributed by atoms with van der Waals surface area (Å²) in [6.07, 6.45) is 4.73. The van der Waals surface area contributed by atoms with Crippen LogP contribution in [0.4, 0.5) is 0 Å². The van der Waals surface area contributed by atoms with E-state index in [0.29, 0.717) is 25.2 Å². The molecule has 0 aromatic rings. The van der Waals surface area contributed by atoms with Gasteiger partial charge in [0, 0.05) is 6.04 Å². The second-order valence-corrected chi connectivity index (χ2v) is 5.35. The van der Waals surface area contributed by atoms with Gasteiger partial charge in [0.15, 0.2) is 0 Å². The second kappa shape index (κ2) is 6.14. The topological polar surface area (TPSA) is 58.7 Å². The number of hydrogen-bond acceptors (Lipinski definition) is 4. The third-order valence-electron chi connectivity index (χ3n) is 4.41. The van der Waals surface area contributed by atoms with E-state index in [9.17, 15) is 5.11 Å². The smallest absolute Gasteiger partial charge is 0.0950 e. The molecule has 17 heavy (non-hydrogen) atoms. The van der Waals surface area contributed by atoms with Crippen LogP contribution in [0, 0.1) is 5.92 Å². The van der Waals surface area contributed by atoms with Crippen molar-refractivity contribution in [2.45, 2.75) is 50.8 Å². The van der Waals surface area contributed by atoms with Gasteiger partial charge in [-0.3, -0.25) is 4.90 Å². The maximum absolute atomic E-state index is 9.98. The molecule has 2 aliphatic rings. The summed E-state index contributed by atoms with van der Waals surface area (Å²) in [7, 11) is 0. The Morgan fingerprint density at radius 1 is 1.24 bits per heavy atom. The van der Waals surface area contributed by atoms with E-state index in [1.165, 1.54) is 25.7 Å². The summed E-state index contributed by atoms with van der Waals surface area (Å²) in [5.74, 6) is 0.594. The van der Waals surface area contributed by atoms with E-state index in [-0.39, 0.29) is 12.1 Å². The van der Waals surface area contributed by atoms with Crippen molar-refractivity contribution in [3.05, 3.63) is 0 Å². The van der Waals surface area contributed by atoms with E-state index >= 15 is 0 Å². The highest BCUT2D eigenvalue weighted by molar-refractivity contribution is 4.91. The molecule has 1 saturated heterocycles. The van der Waals surface area contributed by atoms with Gasteiger partial charge >= 0.3 is 0 Å². The van der Waals surface area contributed by atoms with Crippen molar-refractivity contribution in [2.75, 3.05) is 26.3 Å². The van der Waals surface area contributed by atoms with E-state index in [0.717, 1.165) is 13.1 Å². The Hall–Kier alpha value is -0.160. The van der Waals surface area contributed by atoms with Crippen molar-refractivity contribution in [2.24, 2.45) is 11.7 Å². The van der Waals surface area contributed by atoms with Crippen LogP contribution >= 0.6 is 0 Å². The van der Waals surface area contributed by atoms with Gasteiger partial charge in [-0.2, -0.15) is 0 Å². The maximum atomic E-state index is 9.98. The molecule has 0 radical (unpaired) electrons. The minimum atomic E-state index is -0.324. The Balaban J connectivity index is 2.04. The first kappa shape index (κ1) is 13.3. The highest BCUT2D eigenvalue weighted by atomic mass is 16.5. The first-order valence-corrected chi connectivity index (χ1v) is 6.99. The van der Waals surface area contributed by atoms with Crippen molar-refractivity contribution in [1.82, 2.24) is 4.90 Å². The molecule has 1 saturated carbocycles. The highest BCUT2D eigenvalue weighted by Crippen LogP contribution is 2.30. The van der Waals surface area contributed by atoms with Crippen molar-refractivity contribution in [3.63, 3.8) is 0 Å². The predicted octanol–water partition coefficient (Wildman–Crippen LogP) is 0.586. The number of rotatable bonds is 4. The molecule has 1 aliphatic carbocycles. The van der Waals surface area contributed by atoms with Crippen molar-refractivity contribution >= 4 is 0 Å². The monoisotopic (exact) mass is 242 g/mol. The summed E-state index contributed by atoms with van der Waals surface area (Å²) in [4.78, 5) is 2.44. The zero-order valence-corrected chi connectivity index (χ0v) is 10.8. The van der Waals surface area contributed by atoms with E-state index in [1.807, 2.05) is 0 Å². The fourth-order valence-corrected chi connectivity index (χ4v) is 3.46. The lowest BCUT2D eigenvalue weighted by Gasteiger charge is -2.42. The number of ether oxygens (including phenoxy) is 1. The Kier molecular flexibility index (Phi) is 4.79. The molecule has 0 amide bonds. The lowest BCUT2D eigenvalue weighted by molar-refractivity contribution is 0.0228. The predicted molar refractivity (Wildman–Crippen MR) is 67.8 cm³/mol. The molecule has 4 unspecified atom stereocenters. The molecule has 2 rings (SSSR count). The number of likely N-dealkylation sites (N-methyl/N-ethyl adjacent to an activating group) is 1. The van der Waals surface area contributed by atoms with Gasteiger partial charge in [0.2, 0.25) is 0 Å². The maximum Gasteiger partial charge on any atom is 0.0950 e. The molecule has 0 bridgehead atoms. The number of aliphatic hydroxyl groups is 1. The number of aliphatic hydroxyl groups excluding tert-OH is 1. The first-order chi connectivity index (χ1) is 8.27. The summed E-state index contributed by atoms with van der Waals surface area (Å²) in [6, 6.07) is 0.720. The summed E-state index contributed by atoms with van der Waals surface area (Å²) in [5.41, 5.74) is 5.90. The minimum Gasteiger partial charge on any atom is -0.389 e. The molecule has 0 aromatic heterocycles. The van der Waals surface area contributed by atoms with Gasteiger partial charge in [-0.05, 0) is 31.8 Å². The Morgan fingerprint density at radius 2 is 2.00 bits per heavy atom. The summed E-state index contributed by atoms with van der Waals surface area (Å²) >= 11 is 0. The van der Waals surface area contributed by atoms with Gasteiger partial charge in [0.1, 0.15) is 0 Å². The van der Waals surface area contributed by atoms with Crippen LogP contribution in [0.2, 0.25) is 0 Å². The quantitative estimate of drug-likeness (QED) is 0.757. The normalized spacial score (nSPS) is 38.8. The lowest BCUT2D eigenvalue weighted by atomic mass is 9.82. The molecular weight excluding hydrogens is 216 g/mol. The van der Waals surface area contributed by atoms with Gasteiger partial charge in [0.25, 0.3) is 0 Å². The van der Waals surface area contributed by atoms with Gasteiger partial charge in [-0.25, -0.2) is 0 Å². The molecule has 100 valence electrons. The van der Waals surface area contributed by atoms with Gasteiger partial charge < -0.3 is 15.6 Å². The summed E-state index contributed by atoms with van der Waals surface area (Å²) < 4.78 is 5.39. The molecule has 4 heteroatoms. The van der Waals surface area contributed by atoms with Crippen LogP contribution in [0.15, 0.2) is 0 Å². The molecular formula is C13H26N2O2.